The molecule has 0 aliphatic carbocycles. The summed E-state index contributed by atoms with van der Waals surface area (Å²) in [5, 5.41) is 22.7. The first-order valence-electron chi connectivity index (χ1n) is 10.2. The van der Waals surface area contributed by atoms with Gasteiger partial charge in [0.25, 0.3) is 10.0 Å². The van der Waals surface area contributed by atoms with E-state index in [1.807, 2.05) is 5.38 Å². The van der Waals surface area contributed by atoms with E-state index in [9.17, 15) is 26.8 Å². The van der Waals surface area contributed by atoms with Crippen LogP contribution in [0.4, 0.5) is 13.9 Å². The second-order valence-electron chi connectivity index (χ2n) is 6.55. The van der Waals surface area contributed by atoms with Crippen molar-refractivity contribution in [1.29, 1.82) is 0 Å². The van der Waals surface area contributed by atoms with Crippen molar-refractivity contribution in [2.75, 3.05) is 37.0 Å². The van der Waals surface area contributed by atoms with Crippen LogP contribution in [0.2, 0.25) is 0 Å². The fraction of sp³-hybridized carbons (Fsp3) is 0.500. The van der Waals surface area contributed by atoms with Gasteiger partial charge < -0.3 is 31.9 Å². The van der Waals surface area contributed by atoms with E-state index in [0.29, 0.717) is 41.8 Å². The number of anilines is 1. The van der Waals surface area contributed by atoms with Crippen LogP contribution in [0, 0.1) is 0 Å². The predicted molar refractivity (Wildman–Crippen MR) is 142 cm³/mol. The summed E-state index contributed by atoms with van der Waals surface area (Å²) in [5.41, 5.74) is 6.29. The fourth-order valence-electron chi connectivity index (χ4n) is 1.92. The summed E-state index contributed by atoms with van der Waals surface area (Å²) in [6.45, 7) is 1.36. The number of aliphatic imine (C=N–C) groups is 1. The number of nitrogens with one attached hydrogen (secondary N) is 3. The number of guanidine groups is 2. The van der Waals surface area contributed by atoms with E-state index in [2.05, 4.69) is 30.3 Å². The van der Waals surface area contributed by atoms with E-state index < -0.39 is 33.9 Å². The number of nitrogens with zero attached hydrogens (tertiary/aromatic N) is 3. The Kier molecular flexibility index (Phi) is 16.4. The molecule has 37 heavy (non-hydrogen) atoms. The van der Waals surface area contributed by atoms with E-state index in [0.717, 1.165) is 5.69 Å². The summed E-state index contributed by atoms with van der Waals surface area (Å²) in [4.78, 5) is 26.8. The van der Waals surface area contributed by atoms with Crippen LogP contribution in [0.15, 0.2) is 26.9 Å². The standard InChI is InChI=1S/C14H24ClF2N7O2S3.C4H4O4/c1-3-6-29(25,26)24-12(19-2)20-4-5-27-7-10-8-28-13(22-10)23-11(18)21-9-14(15,16)17;5-3(6)1-2-4(7)8/h8H,3-7,9H2,1-2H3,(H2,19,20,24)(H3,18,21,22,23);1-2H,(H,5,6)(H,7,8)/b;2-1-. The van der Waals surface area contributed by atoms with Gasteiger partial charge in [-0.25, -0.2) is 28.0 Å². The molecule has 13 nitrogen and oxygen atoms in total. The highest BCUT2D eigenvalue weighted by Crippen LogP contribution is 2.20. The van der Waals surface area contributed by atoms with Gasteiger partial charge in [0.05, 0.1) is 11.4 Å². The largest absolute Gasteiger partial charge is 0.478 e. The summed E-state index contributed by atoms with van der Waals surface area (Å²) in [6, 6.07) is 0. The minimum absolute atomic E-state index is 0.00166. The second kappa shape index (κ2) is 17.7. The zero-order valence-electron chi connectivity index (χ0n) is 19.8. The number of hydrogen-bond acceptors (Lipinski definition) is 8. The first-order chi connectivity index (χ1) is 17.2. The molecule has 0 radical (unpaired) electrons. The predicted octanol–water partition coefficient (Wildman–Crippen LogP) is 1.55. The second-order valence-corrected chi connectivity index (χ2v) is 10.8. The maximum absolute atomic E-state index is 12.5. The Labute approximate surface area is 225 Å². The van der Waals surface area contributed by atoms with E-state index in [4.69, 9.17) is 27.5 Å². The number of halogens is 3. The Morgan fingerprint density at radius 2 is 1.95 bits per heavy atom. The van der Waals surface area contributed by atoms with Crippen molar-refractivity contribution >= 4 is 73.7 Å². The lowest BCUT2D eigenvalue weighted by Gasteiger charge is -2.08. The van der Waals surface area contributed by atoms with Crippen LogP contribution in [-0.4, -0.2) is 84.5 Å². The van der Waals surface area contributed by atoms with Crippen LogP contribution in [-0.2, 0) is 25.4 Å². The first-order valence-corrected chi connectivity index (χ1v) is 14.2. The number of nitrogens with two attached hydrogens (primary N) is 1. The van der Waals surface area contributed by atoms with E-state index in [1.54, 1.807) is 25.7 Å². The number of aromatic nitrogens is 1. The number of thioether (sulfide) groups is 1. The van der Waals surface area contributed by atoms with Gasteiger partial charge in [0, 0.05) is 42.6 Å². The van der Waals surface area contributed by atoms with Gasteiger partial charge in [-0.3, -0.25) is 0 Å². The minimum atomic E-state index is -3.48. The monoisotopic (exact) mass is 607 g/mol. The Morgan fingerprint density at radius 3 is 2.46 bits per heavy atom. The number of alkyl halides is 3. The smallest absolute Gasteiger partial charge is 0.341 e. The van der Waals surface area contributed by atoms with Gasteiger partial charge in [-0.05, 0) is 18.0 Å². The van der Waals surface area contributed by atoms with Crippen LogP contribution in [0.3, 0.4) is 0 Å². The van der Waals surface area contributed by atoms with Crippen molar-refractivity contribution in [2.24, 2.45) is 15.1 Å². The number of hydrogen-bond donors (Lipinski definition) is 6. The highest BCUT2D eigenvalue weighted by atomic mass is 35.5. The Hall–Kier alpha value is -2.70. The highest BCUT2D eigenvalue weighted by Gasteiger charge is 2.23. The molecule has 7 N–H and O–H groups in total. The van der Waals surface area contributed by atoms with Gasteiger partial charge in [0.2, 0.25) is 5.96 Å². The zero-order valence-corrected chi connectivity index (χ0v) is 23.0. The number of sulfonamides is 1. The van der Waals surface area contributed by atoms with Gasteiger partial charge in [0.1, 0.15) is 6.54 Å². The van der Waals surface area contributed by atoms with Crippen LogP contribution in [0.5, 0.6) is 0 Å². The third-order valence-corrected chi connectivity index (χ3v) is 6.61. The molecule has 19 heteroatoms. The van der Waals surface area contributed by atoms with Gasteiger partial charge in [-0.15, -0.1) is 15.7 Å². The van der Waals surface area contributed by atoms with E-state index >= 15 is 0 Å². The summed E-state index contributed by atoms with van der Waals surface area (Å²) in [7, 11) is -1.89. The molecule has 0 unspecified atom stereocenters. The van der Waals surface area contributed by atoms with Crippen LogP contribution < -0.4 is 21.7 Å². The van der Waals surface area contributed by atoms with Crippen molar-refractivity contribution in [3.05, 3.63) is 23.2 Å². The molecular formula is C18H28ClF2N7O6S3. The molecule has 210 valence electrons. The molecule has 0 saturated heterocycles. The van der Waals surface area contributed by atoms with Crippen molar-refractivity contribution in [3.63, 3.8) is 0 Å². The molecule has 1 aromatic rings. The lowest BCUT2D eigenvalue weighted by atomic mass is 10.5. The van der Waals surface area contributed by atoms with Crippen LogP contribution in [0.1, 0.15) is 19.0 Å². The maximum atomic E-state index is 12.5. The van der Waals surface area contributed by atoms with Gasteiger partial charge in [-0.1, -0.05) is 6.92 Å². The van der Waals surface area contributed by atoms with Crippen molar-refractivity contribution in [1.82, 2.24) is 15.6 Å². The summed E-state index contributed by atoms with van der Waals surface area (Å²) >= 11 is 7.60. The molecule has 0 aromatic carbocycles. The Morgan fingerprint density at radius 1 is 1.32 bits per heavy atom. The number of carboxylic acids is 2. The maximum Gasteiger partial charge on any atom is 0.341 e. The summed E-state index contributed by atoms with van der Waals surface area (Å²) < 4.78 is 52.1. The molecule has 1 heterocycles. The van der Waals surface area contributed by atoms with Crippen LogP contribution in [0.25, 0.3) is 0 Å². The number of carbonyl (C=O) groups is 2. The molecule has 0 spiro atoms. The third kappa shape index (κ3) is 20.1. The molecule has 0 aliphatic heterocycles. The minimum Gasteiger partial charge on any atom is -0.478 e. The fourth-order valence-corrected chi connectivity index (χ4v) is 4.60. The Bertz CT molecular complexity index is 1050. The van der Waals surface area contributed by atoms with Crippen molar-refractivity contribution < 1.29 is 37.0 Å². The van der Waals surface area contributed by atoms with Crippen molar-refractivity contribution in [3.8, 4) is 0 Å². The molecule has 0 fully saturated rings. The number of carboxylic acid groups (broad SMARTS) is 2. The highest BCUT2D eigenvalue weighted by molar-refractivity contribution is 7.98. The topological polar surface area (TPSA) is 208 Å². The van der Waals surface area contributed by atoms with Gasteiger partial charge in [0.15, 0.2) is 11.1 Å². The number of rotatable bonds is 13. The lowest BCUT2D eigenvalue weighted by molar-refractivity contribution is -0.134. The SMILES string of the molecule is CCCS(=O)(=O)/N=C(/NC)NCCSCc1csc(N/C(N)=N\CC(F)(F)Cl)n1.O=C(O)/C=C\C(=O)O. The summed E-state index contributed by atoms with van der Waals surface area (Å²) in [5.74, 6) is -1.21. The summed E-state index contributed by atoms with van der Waals surface area (Å²) in [6.07, 6.45) is 1.62. The quantitative estimate of drug-likeness (QED) is 0.0620. The van der Waals surface area contributed by atoms with E-state index in [1.165, 1.54) is 11.3 Å². The third-order valence-electron chi connectivity index (χ3n) is 3.30. The molecule has 0 saturated carbocycles. The molecule has 1 rings (SSSR count). The van der Waals surface area contributed by atoms with Gasteiger partial charge in [-0.2, -0.15) is 20.5 Å². The molecular weight excluding hydrogens is 580 g/mol. The average molecular weight is 608 g/mol. The molecule has 0 amide bonds. The normalized spacial score (nSPS) is 12.6. The average Bonchev–Trinajstić information content (AvgIpc) is 3.22. The number of aliphatic carboxylic acids is 2. The van der Waals surface area contributed by atoms with Gasteiger partial charge >= 0.3 is 17.3 Å². The molecule has 1 aromatic heterocycles. The van der Waals surface area contributed by atoms with Crippen LogP contribution >= 0.6 is 34.7 Å². The zero-order chi connectivity index (χ0) is 28.5. The molecule has 0 atom stereocenters. The first kappa shape index (κ1) is 34.3. The van der Waals surface area contributed by atoms with E-state index in [-0.39, 0.29) is 17.7 Å². The van der Waals surface area contributed by atoms with Crippen molar-refractivity contribution in [2.45, 2.75) is 24.5 Å². The molecule has 0 bridgehead atoms. The Balaban J connectivity index is 0.00000139. The molecule has 0 aliphatic rings. The lowest BCUT2D eigenvalue weighted by Crippen LogP contribution is -2.37. The number of thiazole rings is 1.